The smallest absolute Gasteiger partial charge is 0.363 e. The Morgan fingerprint density at radius 3 is 2.53 bits per heavy atom. The van der Waals surface area contributed by atoms with Gasteiger partial charge in [0.1, 0.15) is 18.2 Å². The van der Waals surface area contributed by atoms with Crippen LogP contribution in [-0.2, 0) is 16.1 Å². The van der Waals surface area contributed by atoms with Gasteiger partial charge in [-0.3, -0.25) is 10.1 Å². The number of hydrogen-bond acceptors (Lipinski definition) is 6. The van der Waals surface area contributed by atoms with Crippen molar-refractivity contribution in [3.63, 3.8) is 0 Å². The first-order valence-corrected chi connectivity index (χ1v) is 11.4. The second-order valence-corrected chi connectivity index (χ2v) is 8.98. The number of benzene rings is 3. The summed E-state index contributed by atoms with van der Waals surface area (Å²) < 4.78 is 25.7. The Balaban J connectivity index is 1.59. The molecule has 34 heavy (non-hydrogen) atoms. The van der Waals surface area contributed by atoms with Crippen molar-refractivity contribution in [3.05, 3.63) is 107 Å². The van der Waals surface area contributed by atoms with Crippen LogP contribution in [0.3, 0.4) is 0 Å². The third-order valence-corrected chi connectivity index (χ3v) is 6.13. The number of nitro benzene ring substituents is 1. The molecule has 7 nitrogen and oxygen atoms in total. The molecule has 0 unspecified atom stereocenters. The number of esters is 1. The van der Waals surface area contributed by atoms with Gasteiger partial charge < -0.3 is 9.47 Å². The molecule has 0 saturated carbocycles. The Labute approximate surface area is 210 Å². The molecular formula is C24H15Br2FN2O5. The quantitative estimate of drug-likeness (QED) is 0.142. The molecule has 0 N–H and O–H groups in total. The number of aliphatic imine (C=N–C) groups is 1. The van der Waals surface area contributed by atoms with E-state index in [0.29, 0.717) is 36.9 Å². The van der Waals surface area contributed by atoms with Crippen LogP contribution < -0.4 is 4.74 Å². The van der Waals surface area contributed by atoms with Crippen molar-refractivity contribution in [1.82, 2.24) is 0 Å². The Morgan fingerprint density at radius 1 is 1.15 bits per heavy atom. The van der Waals surface area contributed by atoms with Gasteiger partial charge in [-0.15, -0.1) is 0 Å². The van der Waals surface area contributed by atoms with Gasteiger partial charge in [0.2, 0.25) is 5.90 Å². The maximum Gasteiger partial charge on any atom is 0.363 e. The largest absolute Gasteiger partial charge is 0.487 e. The monoisotopic (exact) mass is 588 g/mol. The van der Waals surface area contributed by atoms with E-state index in [0.717, 1.165) is 0 Å². The molecule has 3 aromatic rings. The molecule has 0 fully saturated rings. The van der Waals surface area contributed by atoms with Crippen molar-refractivity contribution in [2.45, 2.75) is 13.5 Å². The SMILES string of the molecule is Cc1c(C2=N/C(=C\c3cc(Br)c(OCc4cccc(F)c4)c(Br)c3)C(=O)O2)cccc1[N+](=O)[O-]. The zero-order chi connectivity index (χ0) is 24.4. The van der Waals surface area contributed by atoms with Gasteiger partial charge in [-0.05, 0) is 86.3 Å². The fourth-order valence-corrected chi connectivity index (χ4v) is 4.77. The van der Waals surface area contributed by atoms with Crippen molar-refractivity contribution in [2.24, 2.45) is 4.99 Å². The van der Waals surface area contributed by atoms with Crippen molar-refractivity contribution in [2.75, 3.05) is 0 Å². The van der Waals surface area contributed by atoms with Gasteiger partial charge in [0.15, 0.2) is 5.70 Å². The Morgan fingerprint density at radius 2 is 1.85 bits per heavy atom. The minimum atomic E-state index is -0.667. The molecule has 0 aliphatic carbocycles. The zero-order valence-electron chi connectivity index (χ0n) is 17.6. The van der Waals surface area contributed by atoms with Gasteiger partial charge in [0.05, 0.1) is 13.9 Å². The lowest BCUT2D eigenvalue weighted by atomic mass is 10.1. The standard InChI is InChI=1S/C24H15Br2FN2O5/c1-13-17(6-3-7-21(13)29(31)32)23-28-20(24(30)34-23)11-15-9-18(25)22(19(26)10-15)33-12-14-4-2-5-16(27)8-14/h2-11H,12H2,1H3/b20-11-. The molecule has 0 saturated heterocycles. The van der Waals surface area contributed by atoms with Gasteiger partial charge >= 0.3 is 5.97 Å². The predicted octanol–water partition coefficient (Wildman–Crippen LogP) is 6.49. The third kappa shape index (κ3) is 5.07. The molecule has 0 atom stereocenters. The van der Waals surface area contributed by atoms with E-state index in [1.165, 1.54) is 30.3 Å². The molecule has 0 spiro atoms. The Bertz CT molecular complexity index is 1360. The molecule has 172 valence electrons. The number of carbonyl (C=O) groups excluding carboxylic acids is 1. The molecule has 0 amide bonds. The molecular weight excluding hydrogens is 575 g/mol. The van der Waals surface area contributed by atoms with Crippen LogP contribution >= 0.6 is 31.9 Å². The average molecular weight is 590 g/mol. The minimum absolute atomic E-state index is 0.00521. The van der Waals surface area contributed by atoms with Gasteiger partial charge in [-0.1, -0.05) is 18.2 Å². The molecule has 1 heterocycles. The van der Waals surface area contributed by atoms with E-state index in [1.807, 2.05) is 0 Å². The molecule has 1 aliphatic heterocycles. The summed E-state index contributed by atoms with van der Waals surface area (Å²) in [6.07, 6.45) is 1.54. The lowest BCUT2D eigenvalue weighted by Crippen LogP contribution is -2.08. The van der Waals surface area contributed by atoms with E-state index in [4.69, 9.17) is 9.47 Å². The van der Waals surface area contributed by atoms with Crippen molar-refractivity contribution in [3.8, 4) is 5.75 Å². The summed E-state index contributed by atoms with van der Waals surface area (Å²) in [6, 6.07) is 14.1. The minimum Gasteiger partial charge on any atom is -0.487 e. The number of cyclic esters (lactones) is 1. The predicted molar refractivity (Wildman–Crippen MR) is 131 cm³/mol. The van der Waals surface area contributed by atoms with Crippen molar-refractivity contribution < 1.29 is 23.6 Å². The van der Waals surface area contributed by atoms with Crippen LogP contribution in [0.2, 0.25) is 0 Å². The molecule has 4 rings (SSSR count). The summed E-state index contributed by atoms with van der Waals surface area (Å²) in [5, 5.41) is 11.2. The summed E-state index contributed by atoms with van der Waals surface area (Å²) in [5.74, 6) is -0.494. The summed E-state index contributed by atoms with van der Waals surface area (Å²) in [4.78, 5) is 27.3. The second-order valence-electron chi connectivity index (χ2n) is 7.28. The molecule has 0 bridgehead atoms. The van der Waals surface area contributed by atoms with E-state index >= 15 is 0 Å². The number of halogens is 3. The Hall–Kier alpha value is -3.37. The highest BCUT2D eigenvalue weighted by Crippen LogP contribution is 2.36. The summed E-state index contributed by atoms with van der Waals surface area (Å²) in [6.45, 7) is 1.74. The number of nitro groups is 1. The molecule has 1 aliphatic rings. The van der Waals surface area contributed by atoms with E-state index in [-0.39, 0.29) is 29.7 Å². The number of hydrogen-bond donors (Lipinski definition) is 0. The fraction of sp³-hybridized carbons (Fsp3) is 0.0833. The molecule has 3 aromatic carbocycles. The normalized spacial score (nSPS) is 14.2. The highest BCUT2D eigenvalue weighted by molar-refractivity contribution is 9.11. The maximum absolute atomic E-state index is 13.4. The van der Waals surface area contributed by atoms with E-state index in [1.54, 1.807) is 37.3 Å². The number of rotatable bonds is 6. The molecule has 0 radical (unpaired) electrons. The van der Waals surface area contributed by atoms with Crippen LogP contribution in [-0.4, -0.2) is 16.8 Å². The van der Waals surface area contributed by atoms with Crippen LogP contribution in [0.1, 0.15) is 22.3 Å². The topological polar surface area (TPSA) is 91.0 Å². The third-order valence-electron chi connectivity index (χ3n) is 4.95. The number of ether oxygens (including phenoxy) is 2. The van der Waals surface area contributed by atoms with Crippen molar-refractivity contribution >= 4 is 55.5 Å². The Kier molecular flexibility index (Phi) is 6.90. The first-order chi connectivity index (χ1) is 16.2. The first kappa shape index (κ1) is 23.8. The average Bonchev–Trinajstić information content (AvgIpc) is 3.13. The van der Waals surface area contributed by atoms with Gasteiger partial charge in [-0.25, -0.2) is 14.2 Å². The van der Waals surface area contributed by atoms with Crippen LogP contribution in [0.5, 0.6) is 5.75 Å². The highest BCUT2D eigenvalue weighted by atomic mass is 79.9. The molecule has 10 heteroatoms. The lowest BCUT2D eigenvalue weighted by molar-refractivity contribution is -0.385. The van der Waals surface area contributed by atoms with Crippen LogP contribution in [0, 0.1) is 22.9 Å². The van der Waals surface area contributed by atoms with Gasteiger partial charge in [0.25, 0.3) is 5.69 Å². The number of nitrogens with zero attached hydrogens (tertiary/aromatic N) is 2. The first-order valence-electron chi connectivity index (χ1n) is 9.86. The van der Waals surface area contributed by atoms with Crippen LogP contribution in [0.4, 0.5) is 10.1 Å². The highest BCUT2D eigenvalue weighted by Gasteiger charge is 2.27. The van der Waals surface area contributed by atoms with Crippen LogP contribution in [0.15, 0.2) is 74.2 Å². The maximum atomic E-state index is 13.4. The fourth-order valence-electron chi connectivity index (χ4n) is 3.32. The summed E-state index contributed by atoms with van der Waals surface area (Å²) in [5.41, 5.74) is 1.99. The lowest BCUT2D eigenvalue weighted by Gasteiger charge is -2.11. The zero-order valence-corrected chi connectivity index (χ0v) is 20.7. The second kappa shape index (κ2) is 9.86. The van der Waals surface area contributed by atoms with Crippen LogP contribution in [0.25, 0.3) is 6.08 Å². The summed E-state index contributed by atoms with van der Waals surface area (Å²) in [7, 11) is 0. The number of carbonyl (C=O) groups is 1. The van der Waals surface area contributed by atoms with E-state index < -0.39 is 10.9 Å². The van der Waals surface area contributed by atoms with Gasteiger partial charge in [-0.2, -0.15) is 0 Å². The van der Waals surface area contributed by atoms with Gasteiger partial charge in [0, 0.05) is 17.2 Å². The summed E-state index contributed by atoms with van der Waals surface area (Å²) >= 11 is 6.91. The van der Waals surface area contributed by atoms with E-state index in [2.05, 4.69) is 36.9 Å². The molecule has 0 aromatic heterocycles. The van der Waals surface area contributed by atoms with Crippen molar-refractivity contribution in [1.29, 1.82) is 0 Å². The van der Waals surface area contributed by atoms with E-state index in [9.17, 15) is 19.3 Å².